The lowest BCUT2D eigenvalue weighted by molar-refractivity contribution is -0.120. The first kappa shape index (κ1) is 17.1. The van der Waals surface area contributed by atoms with Gasteiger partial charge in [-0.15, -0.1) is 0 Å². The normalized spacial score (nSPS) is 23.9. The first-order valence-corrected chi connectivity index (χ1v) is 8.59. The van der Waals surface area contributed by atoms with Gasteiger partial charge in [0, 0.05) is 32.2 Å². The van der Waals surface area contributed by atoms with Gasteiger partial charge >= 0.3 is 0 Å². The number of rotatable bonds is 4. The van der Waals surface area contributed by atoms with E-state index in [4.69, 9.17) is 0 Å². The predicted octanol–water partition coefficient (Wildman–Crippen LogP) is 0.647. The average molecular weight is 309 g/mol. The van der Waals surface area contributed by atoms with Crippen LogP contribution in [-0.2, 0) is 4.79 Å². The number of hydrogen-bond donors (Lipinski definition) is 2. The highest BCUT2D eigenvalue weighted by Gasteiger charge is 2.30. The Morgan fingerprint density at radius 2 is 1.95 bits per heavy atom. The Morgan fingerprint density at radius 3 is 2.59 bits per heavy atom. The van der Waals surface area contributed by atoms with E-state index in [1.54, 1.807) is 7.05 Å². The van der Waals surface area contributed by atoms with Crippen LogP contribution in [0.3, 0.4) is 0 Å². The number of piperidine rings is 1. The fourth-order valence-electron chi connectivity index (χ4n) is 3.38. The van der Waals surface area contributed by atoms with Gasteiger partial charge in [-0.1, -0.05) is 6.42 Å². The molecule has 1 unspecified atom stereocenters. The molecule has 0 aromatic heterocycles. The van der Waals surface area contributed by atoms with Crippen molar-refractivity contribution >= 4 is 11.9 Å². The van der Waals surface area contributed by atoms with Crippen molar-refractivity contribution in [2.24, 2.45) is 4.99 Å². The van der Waals surface area contributed by atoms with E-state index in [0.717, 1.165) is 19.0 Å². The van der Waals surface area contributed by atoms with Crippen LogP contribution in [0, 0.1) is 0 Å². The third kappa shape index (κ3) is 4.87. The molecule has 22 heavy (non-hydrogen) atoms. The maximum absolute atomic E-state index is 11.7. The molecule has 2 N–H and O–H groups in total. The molecule has 2 fully saturated rings. The lowest BCUT2D eigenvalue weighted by Crippen LogP contribution is -2.47. The molecular formula is C16H31N5O. The van der Waals surface area contributed by atoms with Crippen LogP contribution in [0.1, 0.15) is 39.5 Å². The summed E-state index contributed by atoms with van der Waals surface area (Å²) < 4.78 is 0. The number of carbonyl (C=O) groups is 1. The molecule has 1 amide bonds. The highest BCUT2D eigenvalue weighted by atomic mass is 16.2. The minimum absolute atomic E-state index is 0.0166. The molecule has 2 heterocycles. The molecule has 2 rings (SSSR count). The Kier molecular flexibility index (Phi) is 6.49. The number of amides is 1. The summed E-state index contributed by atoms with van der Waals surface area (Å²) in [6.45, 7) is 8.74. The average Bonchev–Trinajstić information content (AvgIpc) is 2.98. The zero-order valence-corrected chi connectivity index (χ0v) is 14.3. The molecule has 0 aromatic rings. The lowest BCUT2D eigenvalue weighted by atomic mass is 10.1. The molecule has 2 aliphatic rings. The van der Waals surface area contributed by atoms with Gasteiger partial charge in [0.25, 0.3) is 0 Å². The van der Waals surface area contributed by atoms with Crippen molar-refractivity contribution in [1.82, 2.24) is 20.4 Å². The van der Waals surface area contributed by atoms with Crippen LogP contribution in [0.4, 0.5) is 0 Å². The van der Waals surface area contributed by atoms with Gasteiger partial charge in [0.15, 0.2) is 5.96 Å². The molecule has 0 radical (unpaired) electrons. The highest BCUT2D eigenvalue weighted by molar-refractivity contribution is 5.86. The van der Waals surface area contributed by atoms with Gasteiger partial charge in [0.05, 0.1) is 6.54 Å². The molecule has 0 aromatic carbocycles. The largest absolute Gasteiger partial charge is 0.352 e. The first-order valence-electron chi connectivity index (χ1n) is 8.59. The molecule has 126 valence electrons. The van der Waals surface area contributed by atoms with E-state index >= 15 is 0 Å². The summed E-state index contributed by atoms with van der Waals surface area (Å²) in [5.74, 6) is 0.862. The van der Waals surface area contributed by atoms with Gasteiger partial charge in [-0.3, -0.25) is 14.7 Å². The van der Waals surface area contributed by atoms with Gasteiger partial charge in [0.1, 0.15) is 0 Å². The molecule has 0 bridgehead atoms. The zero-order valence-electron chi connectivity index (χ0n) is 14.3. The van der Waals surface area contributed by atoms with Crippen LogP contribution in [-0.4, -0.2) is 73.5 Å². The summed E-state index contributed by atoms with van der Waals surface area (Å²) in [6.07, 6.45) is 5.23. The van der Waals surface area contributed by atoms with E-state index in [1.165, 1.54) is 38.8 Å². The second-order valence-electron chi connectivity index (χ2n) is 6.61. The van der Waals surface area contributed by atoms with E-state index in [2.05, 4.69) is 25.4 Å². The van der Waals surface area contributed by atoms with Crippen molar-refractivity contribution in [2.75, 3.05) is 39.8 Å². The van der Waals surface area contributed by atoms with Crippen molar-refractivity contribution in [2.45, 2.75) is 51.6 Å². The third-order valence-corrected chi connectivity index (χ3v) is 4.44. The standard InChI is InChI=1S/C16H31N5O/c1-13(2)19-15(22)11-18-16(17-3)21-10-7-14(12-21)20-8-5-4-6-9-20/h13-14H,4-12H2,1-3H3,(H,17,18)(H,19,22). The van der Waals surface area contributed by atoms with Crippen molar-refractivity contribution in [1.29, 1.82) is 0 Å². The molecule has 2 saturated heterocycles. The Balaban J connectivity index is 1.78. The Hall–Kier alpha value is -1.30. The maximum Gasteiger partial charge on any atom is 0.239 e. The molecule has 0 saturated carbocycles. The second-order valence-corrected chi connectivity index (χ2v) is 6.61. The van der Waals surface area contributed by atoms with Crippen molar-refractivity contribution < 1.29 is 4.79 Å². The molecule has 0 aliphatic carbocycles. The van der Waals surface area contributed by atoms with Crippen LogP contribution < -0.4 is 10.6 Å². The molecule has 6 nitrogen and oxygen atoms in total. The number of nitrogens with zero attached hydrogens (tertiary/aromatic N) is 3. The van der Waals surface area contributed by atoms with Gasteiger partial charge in [0.2, 0.25) is 5.91 Å². The van der Waals surface area contributed by atoms with Gasteiger partial charge in [-0.2, -0.15) is 0 Å². The summed E-state index contributed by atoms with van der Waals surface area (Å²) in [4.78, 5) is 21.0. The molecule has 1 atom stereocenters. The maximum atomic E-state index is 11.7. The summed E-state index contributed by atoms with van der Waals surface area (Å²) >= 11 is 0. The van der Waals surface area contributed by atoms with E-state index in [-0.39, 0.29) is 18.5 Å². The van der Waals surface area contributed by atoms with Gasteiger partial charge in [-0.25, -0.2) is 0 Å². The fourth-order valence-corrected chi connectivity index (χ4v) is 3.38. The van der Waals surface area contributed by atoms with E-state index in [9.17, 15) is 4.79 Å². The third-order valence-electron chi connectivity index (χ3n) is 4.44. The summed E-state index contributed by atoms with van der Waals surface area (Å²) in [6, 6.07) is 0.815. The number of guanidine groups is 1. The summed E-state index contributed by atoms with van der Waals surface area (Å²) in [5, 5.41) is 6.08. The van der Waals surface area contributed by atoms with Crippen LogP contribution in [0.25, 0.3) is 0 Å². The van der Waals surface area contributed by atoms with E-state index in [0.29, 0.717) is 6.04 Å². The number of likely N-dealkylation sites (tertiary alicyclic amines) is 2. The number of nitrogens with one attached hydrogen (secondary N) is 2. The quantitative estimate of drug-likeness (QED) is 0.591. The summed E-state index contributed by atoms with van der Waals surface area (Å²) in [5.41, 5.74) is 0. The Morgan fingerprint density at radius 1 is 1.23 bits per heavy atom. The topological polar surface area (TPSA) is 60.0 Å². The minimum atomic E-state index is 0.0166. The van der Waals surface area contributed by atoms with Crippen LogP contribution in [0.2, 0.25) is 0 Å². The lowest BCUT2D eigenvalue weighted by Gasteiger charge is -2.32. The van der Waals surface area contributed by atoms with Crippen molar-refractivity contribution in [3.8, 4) is 0 Å². The van der Waals surface area contributed by atoms with Crippen LogP contribution >= 0.6 is 0 Å². The van der Waals surface area contributed by atoms with Crippen molar-refractivity contribution in [3.63, 3.8) is 0 Å². The van der Waals surface area contributed by atoms with E-state index in [1.807, 2.05) is 13.8 Å². The Labute approximate surface area is 134 Å². The van der Waals surface area contributed by atoms with Gasteiger partial charge in [-0.05, 0) is 46.2 Å². The molecule has 2 aliphatic heterocycles. The smallest absolute Gasteiger partial charge is 0.239 e. The predicted molar refractivity (Wildman–Crippen MR) is 90.0 cm³/mol. The van der Waals surface area contributed by atoms with E-state index < -0.39 is 0 Å². The fraction of sp³-hybridized carbons (Fsp3) is 0.875. The highest BCUT2D eigenvalue weighted by Crippen LogP contribution is 2.20. The molecular weight excluding hydrogens is 278 g/mol. The molecule has 6 heteroatoms. The van der Waals surface area contributed by atoms with Crippen molar-refractivity contribution in [3.05, 3.63) is 0 Å². The second kappa shape index (κ2) is 8.36. The minimum Gasteiger partial charge on any atom is -0.352 e. The monoisotopic (exact) mass is 309 g/mol. The zero-order chi connectivity index (χ0) is 15.9. The number of aliphatic imine (C=N–C) groups is 1. The molecule has 0 spiro atoms. The number of hydrogen-bond acceptors (Lipinski definition) is 3. The van der Waals surface area contributed by atoms with Gasteiger partial charge < -0.3 is 15.5 Å². The number of carbonyl (C=O) groups excluding carboxylic acids is 1. The first-order chi connectivity index (χ1) is 10.6. The summed E-state index contributed by atoms with van der Waals surface area (Å²) in [7, 11) is 1.79. The Bertz CT molecular complexity index is 390. The van der Waals surface area contributed by atoms with Crippen LogP contribution in [0.5, 0.6) is 0 Å². The SMILES string of the molecule is CN=C(NCC(=O)NC(C)C)N1CCC(N2CCCCC2)C1. The van der Waals surface area contributed by atoms with Crippen LogP contribution in [0.15, 0.2) is 4.99 Å².